The van der Waals surface area contributed by atoms with Gasteiger partial charge in [0.1, 0.15) is 5.75 Å². The Kier molecular flexibility index (Phi) is 6.84. The summed E-state index contributed by atoms with van der Waals surface area (Å²) < 4.78 is 16.2. The van der Waals surface area contributed by atoms with Crippen LogP contribution in [-0.2, 0) is 11.2 Å². The fourth-order valence-corrected chi connectivity index (χ4v) is 2.28. The summed E-state index contributed by atoms with van der Waals surface area (Å²) in [7, 11) is 3.08. The molecule has 26 heavy (non-hydrogen) atoms. The summed E-state index contributed by atoms with van der Waals surface area (Å²) in [4.78, 5) is 11.9. The van der Waals surface area contributed by atoms with E-state index in [1.165, 1.54) is 32.6 Å². The van der Waals surface area contributed by atoms with Gasteiger partial charge in [0.05, 0.1) is 33.5 Å². The van der Waals surface area contributed by atoms with Gasteiger partial charge in [0, 0.05) is 5.56 Å². The molecule has 2 aromatic carbocycles. The number of nitrogens with zero attached hydrogens (tertiary/aromatic N) is 1. The van der Waals surface area contributed by atoms with Gasteiger partial charge in [0.25, 0.3) is 0 Å². The first-order valence-electron chi connectivity index (χ1n) is 8.06. The number of benzene rings is 2. The minimum Gasteiger partial charge on any atom is -0.508 e. The molecule has 0 aliphatic heterocycles. The lowest BCUT2D eigenvalue weighted by Crippen LogP contribution is -2.19. The molecule has 0 heterocycles. The van der Waals surface area contributed by atoms with Crippen molar-refractivity contribution in [2.45, 2.75) is 13.3 Å². The van der Waals surface area contributed by atoms with E-state index >= 15 is 0 Å². The first-order valence-corrected chi connectivity index (χ1v) is 8.06. The smallest absolute Gasteiger partial charge is 0.244 e. The predicted octanol–water partition coefficient (Wildman–Crippen LogP) is 2.50. The standard InChI is InChI=1S/C19H22N2O5/c1-4-26-19-16(24-2)9-14(10-17(19)25-3)12-20-21-18(23)11-13-5-7-15(22)8-6-13/h5-10,12,22H,4,11H2,1-3H3,(H,21,23)/b20-12-. The Balaban J connectivity index is 2.04. The predicted molar refractivity (Wildman–Crippen MR) is 98.3 cm³/mol. The number of phenolic OH excluding ortho intramolecular Hbond substituents is 1. The third-order valence-electron chi connectivity index (χ3n) is 3.48. The maximum atomic E-state index is 11.9. The molecule has 0 atom stereocenters. The summed E-state index contributed by atoms with van der Waals surface area (Å²) in [5, 5.41) is 13.2. The molecule has 2 N–H and O–H groups in total. The number of hydrogen-bond donors (Lipinski definition) is 2. The summed E-state index contributed by atoms with van der Waals surface area (Å²) in [6, 6.07) is 9.91. The molecule has 0 saturated carbocycles. The molecule has 7 heteroatoms. The minimum atomic E-state index is -0.267. The summed E-state index contributed by atoms with van der Waals surface area (Å²) in [6.45, 7) is 2.35. The number of hydrogen-bond acceptors (Lipinski definition) is 6. The van der Waals surface area contributed by atoms with Crippen LogP contribution in [0.15, 0.2) is 41.5 Å². The molecule has 2 rings (SSSR count). The zero-order valence-corrected chi connectivity index (χ0v) is 15.0. The van der Waals surface area contributed by atoms with Crippen molar-refractivity contribution in [1.82, 2.24) is 5.43 Å². The van der Waals surface area contributed by atoms with Crippen molar-refractivity contribution in [3.8, 4) is 23.0 Å². The zero-order chi connectivity index (χ0) is 18.9. The molecular weight excluding hydrogens is 336 g/mol. The van der Waals surface area contributed by atoms with Crippen LogP contribution in [-0.4, -0.2) is 38.1 Å². The van der Waals surface area contributed by atoms with Gasteiger partial charge in [-0.25, -0.2) is 5.43 Å². The molecule has 138 valence electrons. The van der Waals surface area contributed by atoms with Gasteiger partial charge >= 0.3 is 0 Å². The van der Waals surface area contributed by atoms with Crippen LogP contribution in [0.1, 0.15) is 18.1 Å². The first-order chi connectivity index (χ1) is 12.6. The minimum absolute atomic E-state index is 0.158. The van der Waals surface area contributed by atoms with Gasteiger partial charge in [0.15, 0.2) is 11.5 Å². The molecule has 0 bridgehead atoms. The highest BCUT2D eigenvalue weighted by Crippen LogP contribution is 2.38. The number of nitrogens with one attached hydrogen (secondary N) is 1. The molecule has 0 fully saturated rings. The molecule has 0 aliphatic rings. The average Bonchev–Trinajstić information content (AvgIpc) is 2.64. The second kappa shape index (κ2) is 9.31. The largest absolute Gasteiger partial charge is 0.508 e. The second-order valence-electron chi connectivity index (χ2n) is 5.32. The summed E-state index contributed by atoms with van der Waals surface area (Å²) >= 11 is 0. The fourth-order valence-electron chi connectivity index (χ4n) is 2.28. The van der Waals surface area contributed by atoms with E-state index in [4.69, 9.17) is 14.2 Å². The van der Waals surface area contributed by atoms with Crippen LogP contribution in [0.3, 0.4) is 0 Å². The number of hydrazone groups is 1. The van der Waals surface area contributed by atoms with E-state index in [1.807, 2.05) is 6.92 Å². The van der Waals surface area contributed by atoms with E-state index in [1.54, 1.807) is 24.3 Å². The van der Waals surface area contributed by atoms with E-state index in [2.05, 4.69) is 10.5 Å². The lowest BCUT2D eigenvalue weighted by atomic mass is 10.1. The average molecular weight is 358 g/mol. The molecule has 1 amide bonds. The maximum absolute atomic E-state index is 11.9. The van der Waals surface area contributed by atoms with Gasteiger partial charge in [-0.15, -0.1) is 0 Å². The van der Waals surface area contributed by atoms with Crippen LogP contribution in [0.25, 0.3) is 0 Å². The Morgan fingerprint density at radius 1 is 1.15 bits per heavy atom. The highest BCUT2D eigenvalue weighted by molar-refractivity contribution is 5.85. The fraction of sp³-hybridized carbons (Fsp3) is 0.263. The highest BCUT2D eigenvalue weighted by atomic mass is 16.5. The first kappa shape index (κ1) is 19.1. The number of rotatable bonds is 8. The molecule has 7 nitrogen and oxygen atoms in total. The Morgan fingerprint density at radius 3 is 2.31 bits per heavy atom. The van der Waals surface area contributed by atoms with Crippen LogP contribution in [0, 0.1) is 0 Å². The summed E-state index contributed by atoms with van der Waals surface area (Å²) in [5.41, 5.74) is 3.93. The van der Waals surface area contributed by atoms with E-state index in [9.17, 15) is 9.90 Å². The molecular formula is C19H22N2O5. The van der Waals surface area contributed by atoms with Crippen molar-refractivity contribution in [3.05, 3.63) is 47.5 Å². The van der Waals surface area contributed by atoms with Crippen LogP contribution in [0.5, 0.6) is 23.0 Å². The molecule has 0 spiro atoms. The topological polar surface area (TPSA) is 89.4 Å². The van der Waals surface area contributed by atoms with E-state index in [-0.39, 0.29) is 18.1 Å². The summed E-state index contributed by atoms with van der Waals surface area (Å²) in [5.74, 6) is 1.44. The van der Waals surface area contributed by atoms with Crippen LogP contribution in [0.4, 0.5) is 0 Å². The van der Waals surface area contributed by atoms with Crippen molar-refractivity contribution < 1.29 is 24.1 Å². The van der Waals surface area contributed by atoms with Crippen molar-refractivity contribution >= 4 is 12.1 Å². The monoisotopic (exact) mass is 358 g/mol. The number of aromatic hydroxyl groups is 1. The second-order valence-corrected chi connectivity index (χ2v) is 5.32. The summed E-state index contributed by atoms with van der Waals surface area (Å²) in [6.07, 6.45) is 1.66. The number of ether oxygens (including phenoxy) is 3. The number of methoxy groups -OCH3 is 2. The van der Waals surface area contributed by atoms with Gasteiger partial charge in [-0.3, -0.25) is 4.79 Å². The molecule has 0 aliphatic carbocycles. The normalized spacial score (nSPS) is 10.6. The Bertz CT molecular complexity index is 747. The number of amides is 1. The Hall–Kier alpha value is -3.22. The van der Waals surface area contributed by atoms with E-state index in [0.717, 1.165) is 5.56 Å². The van der Waals surface area contributed by atoms with Gasteiger partial charge in [-0.2, -0.15) is 5.10 Å². The lowest BCUT2D eigenvalue weighted by molar-refractivity contribution is -0.120. The number of carbonyl (C=O) groups is 1. The van der Waals surface area contributed by atoms with Crippen molar-refractivity contribution in [2.24, 2.45) is 5.10 Å². The number of phenols is 1. The van der Waals surface area contributed by atoms with E-state index in [0.29, 0.717) is 29.4 Å². The van der Waals surface area contributed by atoms with Gasteiger partial charge in [0.2, 0.25) is 11.7 Å². The molecule has 0 radical (unpaired) electrons. The van der Waals surface area contributed by atoms with Gasteiger partial charge < -0.3 is 19.3 Å². The molecule has 0 saturated heterocycles. The SMILES string of the molecule is CCOc1c(OC)cc(/C=N\NC(=O)Cc2ccc(O)cc2)cc1OC. The number of carbonyl (C=O) groups excluding carboxylic acids is 1. The molecule has 0 aromatic heterocycles. The quantitative estimate of drug-likeness (QED) is 0.559. The third-order valence-corrected chi connectivity index (χ3v) is 3.48. The Labute approximate surface area is 152 Å². The highest BCUT2D eigenvalue weighted by Gasteiger charge is 2.13. The molecule has 2 aromatic rings. The van der Waals surface area contributed by atoms with Gasteiger partial charge in [-0.1, -0.05) is 12.1 Å². The van der Waals surface area contributed by atoms with Crippen LogP contribution in [0.2, 0.25) is 0 Å². The lowest BCUT2D eigenvalue weighted by Gasteiger charge is -2.14. The Morgan fingerprint density at radius 2 is 1.77 bits per heavy atom. The zero-order valence-electron chi connectivity index (χ0n) is 15.0. The van der Waals surface area contributed by atoms with Gasteiger partial charge in [-0.05, 0) is 36.8 Å². The van der Waals surface area contributed by atoms with Crippen molar-refractivity contribution in [2.75, 3.05) is 20.8 Å². The van der Waals surface area contributed by atoms with Crippen molar-refractivity contribution in [1.29, 1.82) is 0 Å². The van der Waals surface area contributed by atoms with Crippen LogP contribution >= 0.6 is 0 Å². The maximum Gasteiger partial charge on any atom is 0.244 e. The third kappa shape index (κ3) is 5.14. The van der Waals surface area contributed by atoms with E-state index < -0.39 is 0 Å². The van der Waals surface area contributed by atoms with Crippen molar-refractivity contribution in [3.63, 3.8) is 0 Å². The molecule has 0 unspecified atom stereocenters. The van der Waals surface area contributed by atoms with Crippen LogP contribution < -0.4 is 19.6 Å².